The molecule has 0 atom stereocenters. The standard InChI is InChI=1S/C14H11Br2ClN2O/c15-9-2-1-3-11(6-9)19-14(20)8-18-10-4-5-13(17)12(16)7-10/h1-7,18H,8H2,(H,19,20). The maximum atomic E-state index is 11.8. The van der Waals surface area contributed by atoms with Gasteiger partial charge in [0.1, 0.15) is 0 Å². The normalized spacial score (nSPS) is 10.2. The first-order chi connectivity index (χ1) is 9.54. The third-order valence-corrected chi connectivity index (χ3v) is 4.19. The van der Waals surface area contributed by atoms with Crippen LogP contribution in [0.5, 0.6) is 0 Å². The van der Waals surface area contributed by atoms with Crippen molar-refractivity contribution in [3.63, 3.8) is 0 Å². The van der Waals surface area contributed by atoms with Crippen molar-refractivity contribution in [2.24, 2.45) is 0 Å². The molecule has 2 aromatic rings. The number of carbonyl (C=O) groups is 1. The number of halogens is 3. The van der Waals surface area contributed by atoms with Gasteiger partial charge in [-0.05, 0) is 52.3 Å². The molecule has 0 aromatic heterocycles. The second-order valence-electron chi connectivity index (χ2n) is 4.04. The monoisotopic (exact) mass is 416 g/mol. The second kappa shape index (κ2) is 7.11. The molecule has 104 valence electrons. The van der Waals surface area contributed by atoms with Crippen LogP contribution in [0.1, 0.15) is 0 Å². The molecule has 0 unspecified atom stereocenters. The average Bonchev–Trinajstić information content (AvgIpc) is 2.40. The third kappa shape index (κ3) is 4.51. The largest absolute Gasteiger partial charge is 0.376 e. The van der Waals surface area contributed by atoms with Gasteiger partial charge in [0, 0.05) is 20.3 Å². The Morgan fingerprint density at radius 1 is 1.10 bits per heavy atom. The van der Waals surface area contributed by atoms with E-state index in [9.17, 15) is 4.79 Å². The fourth-order valence-electron chi connectivity index (χ4n) is 1.56. The van der Waals surface area contributed by atoms with Gasteiger partial charge in [0.05, 0.1) is 11.6 Å². The smallest absolute Gasteiger partial charge is 0.243 e. The van der Waals surface area contributed by atoms with Crippen LogP contribution in [0.3, 0.4) is 0 Å². The maximum absolute atomic E-state index is 11.8. The van der Waals surface area contributed by atoms with Gasteiger partial charge in [-0.3, -0.25) is 4.79 Å². The summed E-state index contributed by atoms with van der Waals surface area (Å²) < 4.78 is 1.71. The van der Waals surface area contributed by atoms with Crippen LogP contribution < -0.4 is 10.6 Å². The Hall–Kier alpha value is -1.04. The lowest BCUT2D eigenvalue weighted by Crippen LogP contribution is -2.21. The number of hydrogen-bond acceptors (Lipinski definition) is 2. The molecule has 0 bridgehead atoms. The molecule has 3 nitrogen and oxygen atoms in total. The molecule has 0 fully saturated rings. The lowest BCUT2D eigenvalue weighted by molar-refractivity contribution is -0.114. The summed E-state index contributed by atoms with van der Waals surface area (Å²) in [7, 11) is 0. The van der Waals surface area contributed by atoms with E-state index >= 15 is 0 Å². The number of anilines is 2. The van der Waals surface area contributed by atoms with Gasteiger partial charge in [-0.2, -0.15) is 0 Å². The van der Waals surface area contributed by atoms with E-state index in [-0.39, 0.29) is 12.5 Å². The Labute approximate surface area is 139 Å². The third-order valence-electron chi connectivity index (χ3n) is 2.48. The zero-order chi connectivity index (χ0) is 14.5. The van der Waals surface area contributed by atoms with Gasteiger partial charge in [0.25, 0.3) is 0 Å². The van der Waals surface area contributed by atoms with E-state index in [1.165, 1.54) is 0 Å². The molecule has 2 N–H and O–H groups in total. The van der Waals surface area contributed by atoms with E-state index in [2.05, 4.69) is 42.5 Å². The minimum absolute atomic E-state index is 0.117. The van der Waals surface area contributed by atoms with Gasteiger partial charge >= 0.3 is 0 Å². The summed E-state index contributed by atoms with van der Waals surface area (Å²) in [5, 5.41) is 6.48. The summed E-state index contributed by atoms with van der Waals surface area (Å²) in [5.41, 5.74) is 1.58. The van der Waals surface area contributed by atoms with Crippen molar-refractivity contribution in [3.8, 4) is 0 Å². The van der Waals surface area contributed by atoms with Crippen molar-refractivity contribution in [1.29, 1.82) is 0 Å². The predicted molar refractivity (Wildman–Crippen MR) is 90.4 cm³/mol. The van der Waals surface area contributed by atoms with Crippen molar-refractivity contribution < 1.29 is 4.79 Å². The number of benzene rings is 2. The summed E-state index contributed by atoms with van der Waals surface area (Å²) in [6.07, 6.45) is 0. The van der Waals surface area contributed by atoms with Crippen molar-refractivity contribution in [2.45, 2.75) is 0 Å². The Balaban J connectivity index is 1.90. The summed E-state index contributed by atoms with van der Waals surface area (Å²) >= 11 is 12.6. The van der Waals surface area contributed by atoms with E-state index in [4.69, 9.17) is 11.6 Å². The highest BCUT2D eigenvalue weighted by Crippen LogP contribution is 2.25. The molecule has 0 aliphatic rings. The molecule has 0 aliphatic carbocycles. The van der Waals surface area contributed by atoms with E-state index in [1.807, 2.05) is 36.4 Å². The van der Waals surface area contributed by atoms with Crippen LogP contribution >= 0.6 is 43.5 Å². The van der Waals surface area contributed by atoms with Gasteiger partial charge in [-0.1, -0.05) is 33.6 Å². The number of amides is 1. The number of hydrogen-bond donors (Lipinski definition) is 2. The maximum Gasteiger partial charge on any atom is 0.243 e. The molecule has 6 heteroatoms. The lowest BCUT2D eigenvalue weighted by Gasteiger charge is -2.09. The van der Waals surface area contributed by atoms with Gasteiger partial charge in [-0.25, -0.2) is 0 Å². The Morgan fingerprint density at radius 3 is 2.60 bits per heavy atom. The Morgan fingerprint density at radius 2 is 1.90 bits per heavy atom. The fraction of sp³-hybridized carbons (Fsp3) is 0.0714. The van der Waals surface area contributed by atoms with Crippen LogP contribution in [0.15, 0.2) is 51.4 Å². The minimum Gasteiger partial charge on any atom is -0.376 e. The van der Waals surface area contributed by atoms with Crippen LogP contribution in [0.2, 0.25) is 5.02 Å². The fourth-order valence-corrected chi connectivity index (χ4v) is 2.46. The van der Waals surface area contributed by atoms with Gasteiger partial charge in [-0.15, -0.1) is 0 Å². The molecule has 20 heavy (non-hydrogen) atoms. The molecule has 2 rings (SSSR count). The zero-order valence-corrected chi connectivity index (χ0v) is 14.2. The topological polar surface area (TPSA) is 41.1 Å². The van der Waals surface area contributed by atoms with Gasteiger partial charge in [0.15, 0.2) is 0 Å². The summed E-state index contributed by atoms with van der Waals surface area (Å²) in [5.74, 6) is -0.117. The van der Waals surface area contributed by atoms with Gasteiger partial charge < -0.3 is 10.6 Å². The first-order valence-corrected chi connectivity index (χ1v) is 7.75. The Kier molecular flexibility index (Phi) is 5.46. The molecule has 0 spiro atoms. The molecular formula is C14H11Br2ClN2O. The molecular weight excluding hydrogens is 407 g/mol. The molecule has 0 aliphatic heterocycles. The van der Waals surface area contributed by atoms with Crippen LogP contribution in [0.25, 0.3) is 0 Å². The van der Waals surface area contributed by atoms with Crippen LogP contribution in [-0.2, 0) is 4.79 Å². The first-order valence-electron chi connectivity index (χ1n) is 5.79. The molecule has 0 heterocycles. The molecule has 0 saturated carbocycles. The number of carbonyl (C=O) groups excluding carboxylic acids is 1. The van der Waals surface area contributed by atoms with E-state index in [0.29, 0.717) is 5.02 Å². The summed E-state index contributed by atoms with van der Waals surface area (Å²) in [4.78, 5) is 11.8. The van der Waals surface area contributed by atoms with E-state index in [0.717, 1.165) is 20.3 Å². The molecule has 1 amide bonds. The molecule has 0 radical (unpaired) electrons. The highest BCUT2D eigenvalue weighted by molar-refractivity contribution is 9.10. The average molecular weight is 419 g/mol. The van der Waals surface area contributed by atoms with E-state index in [1.54, 1.807) is 6.07 Å². The molecule has 0 saturated heterocycles. The number of nitrogens with one attached hydrogen (secondary N) is 2. The van der Waals surface area contributed by atoms with Crippen LogP contribution in [0.4, 0.5) is 11.4 Å². The Bertz CT molecular complexity index is 634. The second-order valence-corrected chi connectivity index (χ2v) is 6.22. The predicted octanol–water partition coefficient (Wildman–Crippen LogP) is 4.92. The first kappa shape index (κ1) is 15.4. The SMILES string of the molecule is O=C(CNc1ccc(Cl)c(Br)c1)Nc1cccc(Br)c1. The van der Waals surface area contributed by atoms with Crippen molar-refractivity contribution in [2.75, 3.05) is 17.2 Å². The van der Waals surface area contributed by atoms with Crippen molar-refractivity contribution in [3.05, 3.63) is 56.4 Å². The van der Waals surface area contributed by atoms with Crippen molar-refractivity contribution >= 4 is 60.7 Å². The highest BCUT2D eigenvalue weighted by atomic mass is 79.9. The number of rotatable bonds is 4. The quantitative estimate of drug-likeness (QED) is 0.740. The lowest BCUT2D eigenvalue weighted by atomic mass is 10.3. The zero-order valence-electron chi connectivity index (χ0n) is 10.3. The van der Waals surface area contributed by atoms with E-state index < -0.39 is 0 Å². The van der Waals surface area contributed by atoms with Crippen LogP contribution in [-0.4, -0.2) is 12.5 Å². The van der Waals surface area contributed by atoms with Crippen LogP contribution in [0, 0.1) is 0 Å². The van der Waals surface area contributed by atoms with Gasteiger partial charge in [0.2, 0.25) is 5.91 Å². The summed E-state index contributed by atoms with van der Waals surface area (Å²) in [6.45, 7) is 0.181. The van der Waals surface area contributed by atoms with Crippen molar-refractivity contribution in [1.82, 2.24) is 0 Å². The highest BCUT2D eigenvalue weighted by Gasteiger charge is 2.04. The molecule has 2 aromatic carbocycles. The minimum atomic E-state index is -0.117. The summed E-state index contributed by atoms with van der Waals surface area (Å²) in [6, 6.07) is 12.9.